The van der Waals surface area contributed by atoms with Crippen LogP contribution in [0.5, 0.6) is 5.75 Å². The third kappa shape index (κ3) is 5.13. The van der Waals surface area contributed by atoms with Crippen molar-refractivity contribution in [2.75, 3.05) is 27.2 Å². The molecule has 3 nitrogen and oxygen atoms in total. The Balaban J connectivity index is 3.26. The molecule has 0 unspecified atom stereocenters. The molecule has 0 bridgehead atoms. The highest BCUT2D eigenvalue weighted by molar-refractivity contribution is 5.85. The number of phenols is 1. The summed E-state index contributed by atoms with van der Waals surface area (Å²) in [4.78, 5) is 6.56. The van der Waals surface area contributed by atoms with Crippen LogP contribution >= 0.6 is 0 Å². The van der Waals surface area contributed by atoms with Crippen LogP contribution in [0.3, 0.4) is 0 Å². The molecule has 0 fully saturated rings. The summed E-state index contributed by atoms with van der Waals surface area (Å²) in [7, 11) is 4.07. The second kappa shape index (κ2) is 6.82. The molecule has 0 amide bonds. The van der Waals surface area contributed by atoms with E-state index in [1.807, 2.05) is 20.3 Å². The van der Waals surface area contributed by atoms with Gasteiger partial charge in [-0.1, -0.05) is 47.6 Å². The summed E-state index contributed by atoms with van der Waals surface area (Å²) in [6.45, 7) is 14.6. The zero-order valence-electron chi connectivity index (χ0n) is 15.5. The lowest BCUT2D eigenvalue weighted by Crippen LogP contribution is -2.17. The molecule has 124 valence electrons. The van der Waals surface area contributed by atoms with Gasteiger partial charge in [-0.3, -0.25) is 4.99 Å². The van der Waals surface area contributed by atoms with Crippen LogP contribution in [0.15, 0.2) is 17.1 Å². The number of rotatable bonds is 4. The van der Waals surface area contributed by atoms with Crippen LogP contribution in [0.4, 0.5) is 0 Å². The van der Waals surface area contributed by atoms with E-state index in [4.69, 9.17) is 0 Å². The number of nitrogens with zero attached hydrogens (tertiary/aromatic N) is 2. The normalized spacial score (nSPS) is 13.3. The Morgan fingerprint density at radius 2 is 1.64 bits per heavy atom. The predicted octanol–water partition coefficient (Wildman–Crippen LogP) is 3.97. The van der Waals surface area contributed by atoms with E-state index in [1.54, 1.807) is 0 Å². The molecule has 0 saturated carbocycles. The lowest BCUT2D eigenvalue weighted by atomic mass is 9.79. The highest BCUT2D eigenvalue weighted by Gasteiger charge is 2.24. The number of hydrogen-bond donors (Lipinski definition) is 1. The molecule has 22 heavy (non-hydrogen) atoms. The molecule has 0 aliphatic rings. The number of aromatic hydroxyl groups is 1. The molecular weight excluding hydrogens is 272 g/mol. The summed E-state index contributed by atoms with van der Waals surface area (Å²) in [5.74, 6) is 0.356. The smallest absolute Gasteiger partial charge is 0.128 e. The fourth-order valence-corrected chi connectivity index (χ4v) is 2.18. The minimum atomic E-state index is -0.0996. The molecule has 0 aliphatic heterocycles. The SMILES string of the molecule is CN(C)CC/N=C\c1cc(C(C)(C)C)cc(C(C)(C)C)c1O. The van der Waals surface area contributed by atoms with Crippen LogP contribution in [-0.2, 0) is 10.8 Å². The second-order valence-electron chi connectivity index (χ2n) is 8.30. The Labute approximate surface area is 136 Å². The van der Waals surface area contributed by atoms with Crippen LogP contribution in [0.25, 0.3) is 0 Å². The molecule has 0 aliphatic carbocycles. The lowest BCUT2D eigenvalue weighted by molar-refractivity contribution is 0.420. The van der Waals surface area contributed by atoms with E-state index < -0.39 is 0 Å². The molecule has 0 aromatic heterocycles. The average molecular weight is 304 g/mol. The Morgan fingerprint density at radius 1 is 1.05 bits per heavy atom. The van der Waals surface area contributed by atoms with E-state index >= 15 is 0 Å². The van der Waals surface area contributed by atoms with Crippen molar-refractivity contribution in [3.05, 3.63) is 28.8 Å². The Morgan fingerprint density at radius 3 is 2.09 bits per heavy atom. The van der Waals surface area contributed by atoms with Crippen LogP contribution in [0.1, 0.15) is 58.2 Å². The minimum Gasteiger partial charge on any atom is -0.507 e. The Kier molecular flexibility index (Phi) is 5.80. The lowest BCUT2D eigenvalue weighted by Gasteiger charge is -2.27. The van der Waals surface area contributed by atoms with Gasteiger partial charge in [-0.15, -0.1) is 0 Å². The molecule has 0 saturated heterocycles. The molecule has 1 aromatic carbocycles. The first kappa shape index (κ1) is 18.7. The molecule has 0 spiro atoms. The summed E-state index contributed by atoms with van der Waals surface area (Å²) >= 11 is 0. The highest BCUT2D eigenvalue weighted by atomic mass is 16.3. The zero-order chi connectivity index (χ0) is 17.1. The van der Waals surface area contributed by atoms with E-state index in [0.29, 0.717) is 5.75 Å². The van der Waals surface area contributed by atoms with Gasteiger partial charge in [0.1, 0.15) is 5.75 Å². The van der Waals surface area contributed by atoms with E-state index in [1.165, 1.54) is 5.56 Å². The van der Waals surface area contributed by atoms with E-state index in [-0.39, 0.29) is 10.8 Å². The van der Waals surface area contributed by atoms with Gasteiger partial charge in [0.15, 0.2) is 0 Å². The van der Waals surface area contributed by atoms with Crippen molar-refractivity contribution in [2.24, 2.45) is 4.99 Å². The van der Waals surface area contributed by atoms with Gasteiger partial charge in [0.25, 0.3) is 0 Å². The fraction of sp³-hybridized carbons (Fsp3) is 0.632. The van der Waals surface area contributed by atoms with Crippen molar-refractivity contribution < 1.29 is 5.11 Å². The monoisotopic (exact) mass is 304 g/mol. The topological polar surface area (TPSA) is 35.8 Å². The first-order valence-electron chi connectivity index (χ1n) is 7.95. The van der Waals surface area contributed by atoms with E-state index in [0.717, 1.165) is 24.2 Å². The molecule has 1 N–H and O–H groups in total. The third-order valence-corrected chi connectivity index (χ3v) is 3.72. The number of hydrogen-bond acceptors (Lipinski definition) is 3. The van der Waals surface area contributed by atoms with Crippen molar-refractivity contribution in [1.82, 2.24) is 4.90 Å². The van der Waals surface area contributed by atoms with Gasteiger partial charge in [0.05, 0.1) is 6.54 Å². The summed E-state index contributed by atoms with van der Waals surface area (Å²) in [5.41, 5.74) is 2.96. The minimum absolute atomic E-state index is 0.0416. The molecule has 0 radical (unpaired) electrons. The summed E-state index contributed by atoms with van der Waals surface area (Å²) in [5, 5.41) is 10.6. The second-order valence-corrected chi connectivity index (χ2v) is 8.30. The number of aliphatic imine (C=N–C) groups is 1. The molecule has 1 rings (SSSR count). The molecule has 1 aromatic rings. The van der Waals surface area contributed by atoms with Crippen LogP contribution in [0, 0.1) is 0 Å². The first-order chi connectivity index (χ1) is 9.93. The van der Waals surface area contributed by atoms with Gasteiger partial charge < -0.3 is 10.0 Å². The standard InChI is InChI=1S/C19H32N2O/c1-18(2,3)15-11-14(13-20-9-10-21(7)8)17(22)16(12-15)19(4,5)6/h11-13,22H,9-10H2,1-8H3/b20-13-. The fourth-order valence-electron chi connectivity index (χ4n) is 2.18. The summed E-state index contributed by atoms with van der Waals surface area (Å²) < 4.78 is 0. The van der Waals surface area contributed by atoms with Gasteiger partial charge in [0, 0.05) is 23.9 Å². The van der Waals surface area contributed by atoms with Crippen molar-refractivity contribution in [3.8, 4) is 5.75 Å². The third-order valence-electron chi connectivity index (χ3n) is 3.72. The predicted molar refractivity (Wildman–Crippen MR) is 96.5 cm³/mol. The van der Waals surface area contributed by atoms with Crippen LogP contribution in [-0.4, -0.2) is 43.4 Å². The van der Waals surface area contributed by atoms with Crippen LogP contribution < -0.4 is 0 Å². The van der Waals surface area contributed by atoms with Gasteiger partial charge >= 0.3 is 0 Å². The highest BCUT2D eigenvalue weighted by Crippen LogP contribution is 2.37. The van der Waals surface area contributed by atoms with Crippen molar-refractivity contribution in [1.29, 1.82) is 0 Å². The maximum Gasteiger partial charge on any atom is 0.128 e. The average Bonchev–Trinajstić information content (AvgIpc) is 2.33. The maximum absolute atomic E-state index is 10.6. The molecule has 3 heteroatoms. The summed E-state index contributed by atoms with van der Waals surface area (Å²) in [6, 6.07) is 4.19. The molecule has 0 atom stereocenters. The van der Waals surface area contributed by atoms with Gasteiger partial charge in [-0.05, 0) is 36.6 Å². The Bertz CT molecular complexity index is 532. The molecular formula is C19H32N2O. The first-order valence-corrected chi connectivity index (χ1v) is 7.95. The van der Waals surface area contributed by atoms with Crippen molar-refractivity contribution >= 4 is 6.21 Å². The molecule has 0 heterocycles. The van der Waals surface area contributed by atoms with Crippen LogP contribution in [0.2, 0.25) is 0 Å². The number of phenolic OH excluding ortho intramolecular Hbond substituents is 1. The largest absolute Gasteiger partial charge is 0.507 e. The zero-order valence-corrected chi connectivity index (χ0v) is 15.5. The van der Waals surface area contributed by atoms with E-state index in [9.17, 15) is 5.11 Å². The van der Waals surface area contributed by atoms with Gasteiger partial charge in [-0.2, -0.15) is 0 Å². The maximum atomic E-state index is 10.6. The van der Waals surface area contributed by atoms with E-state index in [2.05, 4.69) is 63.6 Å². The number of likely N-dealkylation sites (N-methyl/N-ethyl adjacent to an activating group) is 1. The van der Waals surface area contributed by atoms with Crippen molar-refractivity contribution in [3.63, 3.8) is 0 Å². The summed E-state index contributed by atoms with van der Waals surface area (Å²) in [6.07, 6.45) is 1.81. The number of benzene rings is 1. The van der Waals surface area contributed by atoms with Gasteiger partial charge in [-0.25, -0.2) is 0 Å². The Hall–Kier alpha value is -1.35. The van der Waals surface area contributed by atoms with Crippen molar-refractivity contribution in [2.45, 2.75) is 52.4 Å². The quantitative estimate of drug-likeness (QED) is 0.854. The van der Waals surface area contributed by atoms with Gasteiger partial charge in [0.2, 0.25) is 0 Å².